The monoisotopic (exact) mass is 310 g/mol. The fourth-order valence-electron chi connectivity index (χ4n) is 3.62. The van der Waals surface area contributed by atoms with Crippen LogP contribution in [-0.2, 0) is 9.53 Å². The lowest BCUT2D eigenvalue weighted by atomic mass is 9.89. The lowest BCUT2D eigenvalue weighted by molar-refractivity contribution is -0.141. The number of hydrogen-bond donors (Lipinski definition) is 1. The summed E-state index contributed by atoms with van der Waals surface area (Å²) in [7, 11) is 0. The van der Waals surface area contributed by atoms with Crippen LogP contribution < -0.4 is 5.32 Å². The number of nitrogens with one attached hydrogen (secondary N) is 1. The molecule has 2 aliphatic heterocycles. The Balaban J connectivity index is 2.15. The average molecular weight is 310 g/mol. The van der Waals surface area contributed by atoms with Crippen LogP contribution in [0, 0.1) is 0 Å². The van der Waals surface area contributed by atoms with Crippen molar-refractivity contribution < 1.29 is 14.3 Å². The van der Waals surface area contributed by atoms with Crippen LogP contribution in [0.15, 0.2) is 0 Å². The van der Waals surface area contributed by atoms with Crippen molar-refractivity contribution in [3.63, 3.8) is 0 Å². The molecule has 5 nitrogen and oxygen atoms in total. The van der Waals surface area contributed by atoms with Crippen LogP contribution in [0.4, 0.5) is 4.79 Å². The van der Waals surface area contributed by atoms with Crippen molar-refractivity contribution in [3.8, 4) is 0 Å². The van der Waals surface area contributed by atoms with Gasteiger partial charge in [-0.1, -0.05) is 12.8 Å². The third-order valence-electron chi connectivity index (χ3n) is 4.73. The maximum Gasteiger partial charge on any atom is 0.408 e. The summed E-state index contributed by atoms with van der Waals surface area (Å²) in [5.41, 5.74) is -1.42. The number of ether oxygens (including phenoxy) is 1. The van der Waals surface area contributed by atoms with Gasteiger partial charge in [0.2, 0.25) is 5.91 Å². The van der Waals surface area contributed by atoms with Crippen molar-refractivity contribution in [2.45, 2.75) is 96.4 Å². The topological polar surface area (TPSA) is 58.6 Å². The van der Waals surface area contributed by atoms with Gasteiger partial charge in [-0.3, -0.25) is 4.79 Å². The predicted octanol–water partition coefficient (Wildman–Crippen LogP) is 3.22. The van der Waals surface area contributed by atoms with E-state index in [1.807, 2.05) is 32.6 Å². The van der Waals surface area contributed by atoms with E-state index in [0.29, 0.717) is 12.5 Å². The smallest absolute Gasteiger partial charge is 0.408 e. The fourth-order valence-corrected chi connectivity index (χ4v) is 3.62. The second kappa shape index (κ2) is 6.09. The average Bonchev–Trinajstić information content (AvgIpc) is 2.71. The summed E-state index contributed by atoms with van der Waals surface area (Å²) in [5, 5.41) is 2.85. The number of hydrogen-bond acceptors (Lipinski definition) is 3. The first-order chi connectivity index (χ1) is 10.1. The fraction of sp³-hybridized carbons (Fsp3) is 0.882. The number of carbonyl (C=O) groups excluding carboxylic acids is 2. The van der Waals surface area contributed by atoms with Gasteiger partial charge in [0.05, 0.1) is 0 Å². The normalized spacial score (nSPS) is 33.0. The molecule has 2 aliphatic rings. The number of rotatable bonds is 1. The minimum atomic E-state index is -0.862. The lowest BCUT2D eigenvalue weighted by Gasteiger charge is -2.40. The highest BCUT2D eigenvalue weighted by Gasteiger charge is 2.45. The van der Waals surface area contributed by atoms with Gasteiger partial charge in [-0.15, -0.1) is 0 Å². The Morgan fingerprint density at radius 1 is 1.27 bits per heavy atom. The van der Waals surface area contributed by atoms with E-state index in [9.17, 15) is 9.59 Å². The molecule has 0 radical (unpaired) electrons. The van der Waals surface area contributed by atoms with Gasteiger partial charge in [-0.05, 0) is 60.3 Å². The second-order valence-electron chi connectivity index (χ2n) is 8.00. The molecule has 5 heteroatoms. The number of amides is 2. The number of nitrogens with zero attached hydrogens (tertiary/aromatic N) is 1. The summed E-state index contributed by atoms with van der Waals surface area (Å²) in [4.78, 5) is 27.2. The van der Waals surface area contributed by atoms with Crippen molar-refractivity contribution in [3.05, 3.63) is 0 Å². The molecule has 0 aliphatic carbocycles. The highest BCUT2D eigenvalue weighted by Crippen LogP contribution is 2.34. The van der Waals surface area contributed by atoms with Crippen LogP contribution in [0.25, 0.3) is 0 Å². The highest BCUT2D eigenvalue weighted by atomic mass is 16.6. The van der Waals surface area contributed by atoms with Gasteiger partial charge in [0, 0.05) is 12.1 Å². The molecule has 0 spiro atoms. The van der Waals surface area contributed by atoms with Gasteiger partial charge in [-0.2, -0.15) is 0 Å². The molecule has 2 fully saturated rings. The van der Waals surface area contributed by atoms with Crippen molar-refractivity contribution in [2.75, 3.05) is 0 Å². The first-order valence-electron chi connectivity index (χ1n) is 8.46. The standard InChI is InChI=1S/C17H30N2O3/c1-12-9-10-13-8-6-7-11-17(5,14(20)19(12)13)18-15(21)22-16(2,3)4/h12-13H,6-11H2,1-5H3,(H,18,21)/t12-,13+,17+/m1/s1. The Morgan fingerprint density at radius 2 is 1.95 bits per heavy atom. The predicted molar refractivity (Wildman–Crippen MR) is 85.6 cm³/mol. The second-order valence-corrected chi connectivity index (χ2v) is 8.00. The molecule has 126 valence electrons. The third-order valence-corrected chi connectivity index (χ3v) is 4.73. The summed E-state index contributed by atoms with van der Waals surface area (Å²) >= 11 is 0. The molecule has 3 atom stereocenters. The molecule has 1 N–H and O–H groups in total. The van der Waals surface area contributed by atoms with Crippen LogP contribution in [0.3, 0.4) is 0 Å². The van der Waals surface area contributed by atoms with Crippen molar-refractivity contribution in [1.82, 2.24) is 10.2 Å². The summed E-state index contributed by atoms with van der Waals surface area (Å²) in [6.45, 7) is 9.43. The van der Waals surface area contributed by atoms with Crippen molar-refractivity contribution in [1.29, 1.82) is 0 Å². The Bertz CT molecular complexity index is 444. The van der Waals surface area contributed by atoms with Gasteiger partial charge >= 0.3 is 6.09 Å². The van der Waals surface area contributed by atoms with E-state index in [0.717, 1.165) is 32.1 Å². The molecule has 0 aromatic carbocycles. The van der Waals surface area contributed by atoms with E-state index in [4.69, 9.17) is 4.74 Å². The van der Waals surface area contributed by atoms with Crippen molar-refractivity contribution in [2.24, 2.45) is 0 Å². The van der Waals surface area contributed by atoms with Crippen molar-refractivity contribution >= 4 is 12.0 Å². The van der Waals surface area contributed by atoms with E-state index in [1.54, 1.807) is 0 Å². The SMILES string of the molecule is C[C@@H]1CC[C@@H]2CCCC[C@](C)(NC(=O)OC(C)(C)C)C(=O)N21. The van der Waals surface area contributed by atoms with Gasteiger partial charge in [0.1, 0.15) is 11.1 Å². The van der Waals surface area contributed by atoms with E-state index >= 15 is 0 Å². The summed E-state index contributed by atoms with van der Waals surface area (Å²) in [6.07, 6.45) is 5.43. The van der Waals surface area contributed by atoms with Gasteiger partial charge in [0.15, 0.2) is 0 Å². The molecule has 0 bridgehead atoms. The van der Waals surface area contributed by atoms with Gasteiger partial charge in [-0.25, -0.2) is 4.79 Å². The quantitative estimate of drug-likeness (QED) is 0.809. The minimum absolute atomic E-state index is 0.0491. The molecule has 0 aromatic heterocycles. The third kappa shape index (κ3) is 3.73. The van der Waals surface area contributed by atoms with Crippen LogP contribution in [0.2, 0.25) is 0 Å². The molecule has 2 amide bonds. The molecule has 22 heavy (non-hydrogen) atoms. The molecular formula is C17H30N2O3. The Labute approximate surface area is 133 Å². The molecule has 2 rings (SSSR count). The van der Waals surface area contributed by atoms with E-state index in [-0.39, 0.29) is 11.9 Å². The Morgan fingerprint density at radius 3 is 2.59 bits per heavy atom. The number of alkyl carbamates (subject to hydrolysis) is 1. The summed E-state index contributed by atoms with van der Waals surface area (Å²) in [5.74, 6) is 0.0491. The maximum absolute atomic E-state index is 13.1. The molecule has 0 saturated carbocycles. The maximum atomic E-state index is 13.1. The zero-order valence-corrected chi connectivity index (χ0v) is 14.6. The van der Waals surface area contributed by atoms with Crippen LogP contribution in [0.1, 0.15) is 73.1 Å². The molecule has 2 saturated heterocycles. The molecule has 2 heterocycles. The first kappa shape index (κ1) is 17.1. The van der Waals surface area contributed by atoms with Gasteiger partial charge in [0.25, 0.3) is 0 Å². The number of fused-ring (bicyclic) bond motifs is 1. The van der Waals surface area contributed by atoms with Crippen LogP contribution >= 0.6 is 0 Å². The minimum Gasteiger partial charge on any atom is -0.444 e. The zero-order chi connectivity index (χ0) is 16.5. The lowest BCUT2D eigenvalue weighted by Crippen LogP contribution is -2.61. The highest BCUT2D eigenvalue weighted by molar-refractivity contribution is 5.90. The van der Waals surface area contributed by atoms with E-state index in [2.05, 4.69) is 12.2 Å². The Hall–Kier alpha value is -1.26. The van der Waals surface area contributed by atoms with Crippen LogP contribution in [-0.4, -0.2) is 40.1 Å². The van der Waals surface area contributed by atoms with E-state index < -0.39 is 17.2 Å². The zero-order valence-electron chi connectivity index (χ0n) is 14.6. The van der Waals surface area contributed by atoms with Gasteiger partial charge < -0.3 is 15.0 Å². The Kier molecular flexibility index (Phi) is 4.73. The largest absolute Gasteiger partial charge is 0.444 e. The van der Waals surface area contributed by atoms with Crippen LogP contribution in [0.5, 0.6) is 0 Å². The molecule has 0 unspecified atom stereocenters. The summed E-state index contributed by atoms with van der Waals surface area (Å²) in [6, 6.07) is 0.595. The molecular weight excluding hydrogens is 280 g/mol. The van der Waals surface area contributed by atoms with E-state index in [1.165, 1.54) is 0 Å². The summed E-state index contributed by atoms with van der Waals surface area (Å²) < 4.78 is 5.34. The number of carbonyl (C=O) groups is 2. The molecule has 0 aromatic rings. The first-order valence-corrected chi connectivity index (χ1v) is 8.46.